The molecule has 2 aliphatic rings. The van der Waals surface area contributed by atoms with Gasteiger partial charge in [-0.1, -0.05) is 12.8 Å². The molecule has 1 heterocycles. The maximum Gasteiger partial charge on any atom is 0.0229 e. The number of nitrogens with two attached hydrogens (primary N) is 1. The zero-order valence-electron chi connectivity index (χ0n) is 11.2. The second kappa shape index (κ2) is 7.01. The maximum atomic E-state index is 6.02. The van der Waals surface area contributed by atoms with Crippen LogP contribution in [-0.4, -0.2) is 42.1 Å². The number of rotatable bonds is 5. The monoisotopic (exact) mass is 256 g/mol. The molecule has 2 N–H and O–H groups in total. The van der Waals surface area contributed by atoms with Crippen molar-refractivity contribution >= 4 is 11.8 Å². The van der Waals surface area contributed by atoms with Gasteiger partial charge >= 0.3 is 0 Å². The molecule has 0 spiro atoms. The van der Waals surface area contributed by atoms with E-state index in [1.54, 1.807) is 0 Å². The SMILES string of the molecule is CSCCC(CN)N1CCCC2CCCCC21. The van der Waals surface area contributed by atoms with Gasteiger partial charge in [0.15, 0.2) is 0 Å². The van der Waals surface area contributed by atoms with Crippen molar-refractivity contribution in [3.63, 3.8) is 0 Å². The number of piperidine rings is 1. The highest BCUT2D eigenvalue weighted by Crippen LogP contribution is 2.36. The van der Waals surface area contributed by atoms with E-state index in [4.69, 9.17) is 5.73 Å². The van der Waals surface area contributed by atoms with Crippen molar-refractivity contribution in [2.45, 2.75) is 57.0 Å². The van der Waals surface area contributed by atoms with Gasteiger partial charge in [-0.25, -0.2) is 0 Å². The largest absolute Gasteiger partial charge is 0.329 e. The lowest BCUT2D eigenvalue weighted by atomic mass is 9.77. The average molecular weight is 256 g/mol. The standard InChI is InChI=1S/C14H28N2S/c1-17-10-8-13(11-15)16-9-4-6-12-5-2-3-7-14(12)16/h12-14H,2-11,15H2,1H3. The van der Waals surface area contributed by atoms with Crippen molar-refractivity contribution in [3.05, 3.63) is 0 Å². The van der Waals surface area contributed by atoms with Gasteiger partial charge in [0.2, 0.25) is 0 Å². The minimum atomic E-state index is 0.647. The summed E-state index contributed by atoms with van der Waals surface area (Å²) in [6.07, 6.45) is 12.2. The van der Waals surface area contributed by atoms with Gasteiger partial charge in [0.05, 0.1) is 0 Å². The fourth-order valence-corrected chi connectivity index (χ4v) is 4.30. The van der Waals surface area contributed by atoms with Crippen LogP contribution in [-0.2, 0) is 0 Å². The van der Waals surface area contributed by atoms with Crippen molar-refractivity contribution in [1.29, 1.82) is 0 Å². The van der Waals surface area contributed by atoms with Gasteiger partial charge in [0.1, 0.15) is 0 Å². The molecule has 1 aliphatic heterocycles. The van der Waals surface area contributed by atoms with Gasteiger partial charge in [-0.15, -0.1) is 0 Å². The molecule has 3 atom stereocenters. The highest BCUT2D eigenvalue weighted by Gasteiger charge is 2.35. The predicted molar refractivity (Wildman–Crippen MR) is 77.5 cm³/mol. The van der Waals surface area contributed by atoms with Gasteiger partial charge in [-0.3, -0.25) is 4.90 Å². The zero-order chi connectivity index (χ0) is 12.1. The average Bonchev–Trinajstić information content (AvgIpc) is 2.40. The molecule has 0 bridgehead atoms. The molecule has 2 fully saturated rings. The molecule has 1 saturated heterocycles. The van der Waals surface area contributed by atoms with E-state index in [1.807, 2.05) is 11.8 Å². The molecule has 3 heteroatoms. The Hall–Kier alpha value is 0.270. The van der Waals surface area contributed by atoms with Crippen molar-refractivity contribution in [3.8, 4) is 0 Å². The number of hydrogen-bond acceptors (Lipinski definition) is 3. The van der Waals surface area contributed by atoms with Crippen LogP contribution >= 0.6 is 11.8 Å². The molecule has 1 saturated carbocycles. The Kier molecular flexibility index (Phi) is 5.64. The lowest BCUT2D eigenvalue weighted by Gasteiger charge is -2.47. The number of hydrogen-bond donors (Lipinski definition) is 1. The summed E-state index contributed by atoms with van der Waals surface area (Å²) in [7, 11) is 0. The van der Waals surface area contributed by atoms with Crippen LogP contribution in [0.25, 0.3) is 0 Å². The maximum absolute atomic E-state index is 6.02. The Labute approximate surface area is 111 Å². The minimum absolute atomic E-state index is 0.647. The molecule has 2 nitrogen and oxygen atoms in total. The van der Waals surface area contributed by atoms with Crippen molar-refractivity contribution in [2.75, 3.05) is 25.1 Å². The third-order valence-corrected chi connectivity index (χ3v) is 5.33. The number of nitrogens with zero attached hydrogens (tertiary/aromatic N) is 1. The van der Waals surface area contributed by atoms with Crippen molar-refractivity contribution < 1.29 is 0 Å². The van der Waals surface area contributed by atoms with Crippen LogP contribution in [0.3, 0.4) is 0 Å². The molecule has 3 unspecified atom stereocenters. The van der Waals surface area contributed by atoms with E-state index in [0.29, 0.717) is 6.04 Å². The Bertz CT molecular complexity index is 220. The number of fused-ring (bicyclic) bond motifs is 1. The third kappa shape index (κ3) is 3.39. The summed E-state index contributed by atoms with van der Waals surface area (Å²) in [5.74, 6) is 2.25. The van der Waals surface area contributed by atoms with E-state index in [0.717, 1.165) is 18.5 Å². The summed E-state index contributed by atoms with van der Waals surface area (Å²) in [5, 5.41) is 0. The summed E-state index contributed by atoms with van der Waals surface area (Å²) in [6, 6.07) is 1.52. The van der Waals surface area contributed by atoms with Crippen LogP contribution < -0.4 is 5.73 Å². The first-order chi connectivity index (χ1) is 8.36. The van der Waals surface area contributed by atoms with Crippen LogP contribution in [0.1, 0.15) is 44.9 Å². The fraction of sp³-hybridized carbons (Fsp3) is 1.00. The summed E-state index contributed by atoms with van der Waals surface area (Å²) in [6.45, 7) is 2.15. The molecular formula is C14H28N2S. The van der Waals surface area contributed by atoms with Crippen LogP contribution in [0.15, 0.2) is 0 Å². The second-order valence-corrected chi connectivity index (χ2v) is 6.65. The van der Waals surface area contributed by atoms with Crippen LogP contribution in [0.2, 0.25) is 0 Å². The van der Waals surface area contributed by atoms with E-state index in [-0.39, 0.29) is 0 Å². The van der Waals surface area contributed by atoms with E-state index in [1.165, 1.54) is 57.2 Å². The molecule has 2 rings (SSSR count). The van der Waals surface area contributed by atoms with Crippen LogP contribution in [0, 0.1) is 5.92 Å². The van der Waals surface area contributed by atoms with E-state index < -0.39 is 0 Å². The van der Waals surface area contributed by atoms with E-state index >= 15 is 0 Å². The quantitative estimate of drug-likeness (QED) is 0.820. The summed E-state index contributed by atoms with van der Waals surface area (Å²) >= 11 is 1.96. The highest BCUT2D eigenvalue weighted by atomic mass is 32.2. The summed E-state index contributed by atoms with van der Waals surface area (Å²) in [4.78, 5) is 2.78. The normalized spacial score (nSPS) is 32.1. The van der Waals surface area contributed by atoms with Gasteiger partial charge < -0.3 is 5.73 Å². The summed E-state index contributed by atoms with van der Waals surface area (Å²) in [5.41, 5.74) is 6.02. The molecule has 0 aromatic heterocycles. The fourth-order valence-electron chi connectivity index (χ4n) is 3.79. The predicted octanol–water partition coefficient (Wildman–Crippen LogP) is 2.72. The first kappa shape index (κ1) is 13.7. The Morgan fingerprint density at radius 1 is 1.24 bits per heavy atom. The van der Waals surface area contributed by atoms with Crippen molar-refractivity contribution in [2.24, 2.45) is 11.7 Å². The minimum Gasteiger partial charge on any atom is -0.329 e. The highest BCUT2D eigenvalue weighted by molar-refractivity contribution is 7.98. The molecule has 0 aromatic carbocycles. The summed E-state index contributed by atoms with van der Waals surface area (Å²) < 4.78 is 0. The molecule has 100 valence electrons. The second-order valence-electron chi connectivity index (χ2n) is 5.66. The number of thioether (sulfide) groups is 1. The van der Waals surface area contributed by atoms with Crippen molar-refractivity contribution in [1.82, 2.24) is 4.90 Å². The van der Waals surface area contributed by atoms with Gasteiger partial charge in [0, 0.05) is 18.6 Å². The molecular weight excluding hydrogens is 228 g/mol. The van der Waals surface area contributed by atoms with E-state index in [2.05, 4.69) is 11.2 Å². The van der Waals surface area contributed by atoms with Gasteiger partial charge in [-0.05, 0) is 56.6 Å². The zero-order valence-corrected chi connectivity index (χ0v) is 12.1. The molecule has 0 radical (unpaired) electrons. The molecule has 1 aliphatic carbocycles. The first-order valence-corrected chi connectivity index (χ1v) is 8.71. The Morgan fingerprint density at radius 2 is 2.00 bits per heavy atom. The third-order valence-electron chi connectivity index (χ3n) is 4.68. The lowest BCUT2D eigenvalue weighted by Crippen LogP contribution is -2.53. The van der Waals surface area contributed by atoms with Crippen LogP contribution in [0.5, 0.6) is 0 Å². The van der Waals surface area contributed by atoms with E-state index in [9.17, 15) is 0 Å². The van der Waals surface area contributed by atoms with Crippen LogP contribution in [0.4, 0.5) is 0 Å². The topological polar surface area (TPSA) is 29.3 Å². The smallest absolute Gasteiger partial charge is 0.0229 e. The lowest BCUT2D eigenvalue weighted by molar-refractivity contribution is 0.0274. The Balaban J connectivity index is 1.95. The Morgan fingerprint density at radius 3 is 2.76 bits per heavy atom. The molecule has 17 heavy (non-hydrogen) atoms. The first-order valence-electron chi connectivity index (χ1n) is 7.31. The van der Waals surface area contributed by atoms with Gasteiger partial charge in [0.25, 0.3) is 0 Å². The molecule has 0 aromatic rings. The van der Waals surface area contributed by atoms with Gasteiger partial charge in [-0.2, -0.15) is 11.8 Å². The number of likely N-dealkylation sites (tertiary alicyclic amines) is 1. The molecule has 0 amide bonds.